The summed E-state index contributed by atoms with van der Waals surface area (Å²) in [5.74, 6) is -1.27. The van der Waals surface area contributed by atoms with Crippen LogP contribution in [0.1, 0.15) is 50.8 Å². The van der Waals surface area contributed by atoms with E-state index in [2.05, 4.69) is 10.3 Å². The van der Waals surface area contributed by atoms with Crippen molar-refractivity contribution in [3.8, 4) is 0 Å². The summed E-state index contributed by atoms with van der Waals surface area (Å²) in [6, 6.07) is 15.6. The summed E-state index contributed by atoms with van der Waals surface area (Å²) in [5.41, 5.74) is 3.03. The molecule has 2 aromatic carbocycles. The number of nitrogens with one attached hydrogen (secondary N) is 1. The lowest BCUT2D eigenvalue weighted by atomic mass is 10.0. The molecule has 0 bridgehead atoms. The van der Waals surface area contributed by atoms with Crippen molar-refractivity contribution in [2.24, 2.45) is 0 Å². The van der Waals surface area contributed by atoms with E-state index in [0.717, 1.165) is 5.56 Å². The molecule has 2 N–H and O–H groups in total. The number of benzene rings is 2. The Hall–Kier alpha value is -3.75. The quantitative estimate of drug-likeness (QED) is 0.506. The zero-order valence-electron chi connectivity index (χ0n) is 19.0. The normalized spacial score (nSPS) is 15.1. The van der Waals surface area contributed by atoms with E-state index in [-0.39, 0.29) is 11.8 Å². The summed E-state index contributed by atoms with van der Waals surface area (Å²) in [6.45, 7) is 1.84. The number of rotatable bonds is 6. The fraction of sp³-hybridized carbons (Fsp3) is 0.231. The Morgan fingerprint density at radius 3 is 2.69 bits per heavy atom. The number of carboxylic acids is 1. The number of aromatic nitrogens is 1. The molecule has 0 radical (unpaired) electrons. The molecule has 0 fully saturated rings. The summed E-state index contributed by atoms with van der Waals surface area (Å²) in [7, 11) is 0. The molecule has 0 aliphatic carbocycles. The number of carboxylic acid groups (broad SMARTS) is 1. The molecule has 0 saturated carbocycles. The molecule has 1 aliphatic rings. The Kier molecular flexibility index (Phi) is 7.43. The predicted molar refractivity (Wildman–Crippen MR) is 132 cm³/mol. The molecule has 2 amide bonds. The number of hydrogen-bond acceptors (Lipinski definition) is 5. The van der Waals surface area contributed by atoms with Gasteiger partial charge in [0.1, 0.15) is 12.4 Å². The molecule has 180 valence electrons. The zero-order valence-corrected chi connectivity index (χ0v) is 19.8. The zero-order chi connectivity index (χ0) is 24.9. The number of carbonyl (C=O) groups is 3. The van der Waals surface area contributed by atoms with Gasteiger partial charge in [-0.1, -0.05) is 29.8 Å². The highest BCUT2D eigenvalue weighted by Crippen LogP contribution is 2.37. The largest absolute Gasteiger partial charge is 0.480 e. The van der Waals surface area contributed by atoms with Crippen molar-refractivity contribution in [1.29, 1.82) is 0 Å². The van der Waals surface area contributed by atoms with Gasteiger partial charge in [-0.15, -0.1) is 0 Å². The Morgan fingerprint density at radius 2 is 1.97 bits per heavy atom. The standard InChI is InChI=1S/C26H24ClN3O5/c1-16-5-2-3-6-19(16)25(33)29-23-11-8-17(14-28-23)26(34)30-12-4-7-22(35-15-24(31)32)20-13-18(27)9-10-21(20)30/h2-3,5-6,8-11,13-14,22H,4,7,12,15H2,1H3,(H,31,32)(H,28,29,33). The van der Waals surface area contributed by atoms with E-state index in [4.69, 9.17) is 21.4 Å². The minimum Gasteiger partial charge on any atom is -0.480 e. The summed E-state index contributed by atoms with van der Waals surface area (Å²) < 4.78 is 5.59. The first-order chi connectivity index (χ1) is 16.8. The molecule has 0 saturated heterocycles. The van der Waals surface area contributed by atoms with Crippen LogP contribution in [0.5, 0.6) is 0 Å². The van der Waals surface area contributed by atoms with Gasteiger partial charge in [-0.05, 0) is 61.7 Å². The van der Waals surface area contributed by atoms with Crippen molar-refractivity contribution < 1.29 is 24.2 Å². The maximum absolute atomic E-state index is 13.4. The van der Waals surface area contributed by atoms with Gasteiger partial charge in [-0.3, -0.25) is 9.59 Å². The number of carbonyl (C=O) groups excluding carboxylic acids is 2. The Labute approximate surface area is 207 Å². The number of fused-ring (bicyclic) bond motifs is 1. The van der Waals surface area contributed by atoms with E-state index in [1.165, 1.54) is 6.20 Å². The van der Waals surface area contributed by atoms with Crippen LogP contribution < -0.4 is 10.2 Å². The highest BCUT2D eigenvalue weighted by Gasteiger charge is 2.28. The number of pyridine rings is 1. The molecule has 35 heavy (non-hydrogen) atoms. The van der Waals surface area contributed by atoms with E-state index in [9.17, 15) is 14.4 Å². The predicted octanol–water partition coefficient (Wildman–Crippen LogP) is 4.88. The first-order valence-electron chi connectivity index (χ1n) is 11.1. The van der Waals surface area contributed by atoms with Gasteiger partial charge in [0.15, 0.2) is 0 Å². The SMILES string of the molecule is Cc1ccccc1C(=O)Nc1ccc(C(=O)N2CCCC(OCC(=O)O)c3cc(Cl)ccc32)cn1. The lowest BCUT2D eigenvalue weighted by molar-refractivity contribution is -0.144. The van der Waals surface area contributed by atoms with Crippen LogP contribution in [0.2, 0.25) is 5.02 Å². The number of amides is 2. The maximum atomic E-state index is 13.4. The Morgan fingerprint density at radius 1 is 1.17 bits per heavy atom. The molecular weight excluding hydrogens is 470 g/mol. The van der Waals surface area contributed by atoms with Gasteiger partial charge in [0.05, 0.1) is 11.7 Å². The van der Waals surface area contributed by atoms with E-state index in [0.29, 0.717) is 52.6 Å². The Bertz CT molecular complexity index is 1260. The van der Waals surface area contributed by atoms with E-state index < -0.39 is 18.7 Å². The van der Waals surface area contributed by atoms with E-state index in [1.807, 2.05) is 19.1 Å². The molecule has 9 heteroatoms. The number of hydrogen-bond donors (Lipinski definition) is 2. The minimum atomic E-state index is -1.06. The van der Waals surface area contributed by atoms with Crippen LogP contribution in [0, 0.1) is 6.92 Å². The number of aliphatic carboxylic acids is 1. The van der Waals surface area contributed by atoms with Crippen LogP contribution in [0.15, 0.2) is 60.8 Å². The smallest absolute Gasteiger partial charge is 0.329 e. The van der Waals surface area contributed by atoms with Crippen LogP contribution in [-0.2, 0) is 9.53 Å². The van der Waals surface area contributed by atoms with Crippen molar-refractivity contribution in [2.75, 3.05) is 23.4 Å². The topological polar surface area (TPSA) is 109 Å². The number of aryl methyl sites for hydroxylation is 1. The number of anilines is 2. The second-order valence-corrected chi connectivity index (χ2v) is 8.63. The number of ether oxygens (including phenoxy) is 1. The molecule has 3 aromatic rings. The van der Waals surface area contributed by atoms with Gasteiger partial charge in [0.25, 0.3) is 11.8 Å². The molecule has 1 unspecified atom stereocenters. The highest BCUT2D eigenvalue weighted by atomic mass is 35.5. The molecule has 1 aromatic heterocycles. The van der Waals surface area contributed by atoms with Crippen molar-refractivity contribution in [2.45, 2.75) is 25.9 Å². The molecule has 2 heterocycles. The molecular formula is C26H24ClN3O5. The van der Waals surface area contributed by atoms with E-state index in [1.54, 1.807) is 47.4 Å². The second-order valence-electron chi connectivity index (χ2n) is 8.20. The molecule has 4 rings (SSSR count). The fourth-order valence-electron chi connectivity index (χ4n) is 4.06. The van der Waals surface area contributed by atoms with Crippen molar-refractivity contribution in [3.05, 3.63) is 88.1 Å². The van der Waals surface area contributed by atoms with Crippen LogP contribution in [0.4, 0.5) is 11.5 Å². The lowest BCUT2D eigenvalue weighted by Gasteiger charge is -2.24. The third-order valence-corrected chi connectivity index (χ3v) is 6.01. The van der Waals surface area contributed by atoms with Gasteiger partial charge in [-0.2, -0.15) is 0 Å². The third kappa shape index (κ3) is 5.67. The van der Waals surface area contributed by atoms with Gasteiger partial charge in [0.2, 0.25) is 0 Å². The molecule has 1 aliphatic heterocycles. The van der Waals surface area contributed by atoms with Gasteiger partial charge in [-0.25, -0.2) is 9.78 Å². The van der Waals surface area contributed by atoms with Gasteiger partial charge >= 0.3 is 5.97 Å². The number of nitrogens with zero attached hydrogens (tertiary/aromatic N) is 2. The van der Waals surface area contributed by atoms with E-state index >= 15 is 0 Å². The first-order valence-corrected chi connectivity index (χ1v) is 11.5. The van der Waals surface area contributed by atoms with Crippen molar-refractivity contribution in [3.63, 3.8) is 0 Å². The fourth-order valence-corrected chi connectivity index (χ4v) is 4.24. The van der Waals surface area contributed by atoms with Gasteiger partial charge < -0.3 is 20.1 Å². The Balaban J connectivity index is 1.54. The first kappa shape index (κ1) is 24.4. The summed E-state index contributed by atoms with van der Waals surface area (Å²) in [4.78, 5) is 42.8. The summed E-state index contributed by atoms with van der Waals surface area (Å²) in [6.07, 6.45) is 2.09. The molecule has 1 atom stereocenters. The van der Waals surface area contributed by atoms with Crippen LogP contribution in [0.25, 0.3) is 0 Å². The summed E-state index contributed by atoms with van der Waals surface area (Å²) >= 11 is 6.20. The minimum absolute atomic E-state index is 0.267. The van der Waals surface area contributed by atoms with Crippen LogP contribution >= 0.6 is 11.6 Å². The van der Waals surface area contributed by atoms with Crippen molar-refractivity contribution in [1.82, 2.24) is 4.98 Å². The number of halogens is 1. The monoisotopic (exact) mass is 493 g/mol. The average molecular weight is 494 g/mol. The van der Waals surface area contributed by atoms with Crippen LogP contribution in [-0.4, -0.2) is 41.0 Å². The second kappa shape index (κ2) is 10.7. The molecule has 0 spiro atoms. The van der Waals surface area contributed by atoms with Crippen molar-refractivity contribution >= 4 is 40.9 Å². The average Bonchev–Trinajstić information content (AvgIpc) is 3.02. The summed E-state index contributed by atoms with van der Waals surface area (Å²) in [5, 5.41) is 12.2. The highest BCUT2D eigenvalue weighted by molar-refractivity contribution is 6.30. The van der Waals surface area contributed by atoms with Crippen LogP contribution in [0.3, 0.4) is 0 Å². The lowest BCUT2D eigenvalue weighted by Crippen LogP contribution is -2.32. The third-order valence-electron chi connectivity index (χ3n) is 5.77. The van der Waals surface area contributed by atoms with Gasteiger partial charge in [0, 0.05) is 34.6 Å². The molecule has 8 nitrogen and oxygen atoms in total. The maximum Gasteiger partial charge on any atom is 0.329 e.